The van der Waals surface area contributed by atoms with E-state index in [-0.39, 0.29) is 11.2 Å². The van der Waals surface area contributed by atoms with Crippen molar-refractivity contribution in [3.8, 4) is 0 Å². The van der Waals surface area contributed by atoms with Crippen LogP contribution in [0.15, 0.2) is 46.7 Å². The van der Waals surface area contributed by atoms with Crippen molar-refractivity contribution in [1.82, 2.24) is 0 Å². The number of thiophene rings is 1. The molecule has 4 heteroatoms. The fourth-order valence-electron chi connectivity index (χ4n) is 1.60. The molecule has 0 aliphatic rings. The molecule has 1 amide bonds. The summed E-state index contributed by atoms with van der Waals surface area (Å²) < 4.78 is 0. The summed E-state index contributed by atoms with van der Waals surface area (Å²) in [5, 5.41) is 1.88. The molecule has 1 atom stereocenters. The summed E-state index contributed by atoms with van der Waals surface area (Å²) in [4.78, 5) is 13.8. The number of nitrogens with two attached hydrogens (primary N) is 1. The van der Waals surface area contributed by atoms with E-state index in [2.05, 4.69) is 17.5 Å². The Balaban J connectivity index is 1.94. The molecule has 0 aliphatic carbocycles. The van der Waals surface area contributed by atoms with Crippen molar-refractivity contribution in [2.75, 3.05) is 0 Å². The third-order valence-corrected chi connectivity index (χ3v) is 4.75. The van der Waals surface area contributed by atoms with Crippen LogP contribution in [0.2, 0.25) is 0 Å². The number of carbonyl (C=O) groups is 1. The Kier molecular flexibility index (Phi) is 4.84. The van der Waals surface area contributed by atoms with E-state index in [1.165, 1.54) is 16.6 Å². The van der Waals surface area contributed by atoms with Crippen LogP contribution in [0.5, 0.6) is 0 Å². The zero-order chi connectivity index (χ0) is 12.8. The number of hydrogen-bond donors (Lipinski definition) is 1. The predicted molar refractivity (Wildman–Crippen MR) is 76.8 cm³/mol. The summed E-state index contributed by atoms with van der Waals surface area (Å²) in [7, 11) is 0. The highest BCUT2D eigenvalue weighted by atomic mass is 32.2. The van der Waals surface area contributed by atoms with Crippen LogP contribution in [-0.2, 0) is 11.2 Å². The number of rotatable bonds is 6. The first-order chi connectivity index (χ1) is 8.75. The normalized spacial score (nSPS) is 12.2. The average Bonchev–Trinajstić information content (AvgIpc) is 2.88. The molecule has 0 fully saturated rings. The van der Waals surface area contributed by atoms with Crippen molar-refractivity contribution in [3.63, 3.8) is 0 Å². The Morgan fingerprint density at radius 3 is 2.78 bits per heavy atom. The van der Waals surface area contributed by atoms with Crippen LogP contribution in [0.1, 0.15) is 11.3 Å². The molecule has 2 N–H and O–H groups in total. The van der Waals surface area contributed by atoms with E-state index in [1.807, 2.05) is 30.3 Å². The van der Waals surface area contributed by atoms with Gasteiger partial charge in [-0.3, -0.25) is 4.79 Å². The minimum atomic E-state index is -0.246. The van der Waals surface area contributed by atoms with Gasteiger partial charge in [-0.15, -0.1) is 23.1 Å². The van der Waals surface area contributed by atoms with Crippen molar-refractivity contribution >= 4 is 29.0 Å². The number of thioether (sulfide) groups is 1. The molecule has 0 saturated carbocycles. The number of hydrogen-bond acceptors (Lipinski definition) is 3. The maximum Gasteiger partial charge on any atom is 0.230 e. The SMILES string of the molecule is NC(=O)C(CCc1cccs1)Sc1cc[c]cc1. The predicted octanol–water partition coefficient (Wildman–Crippen LogP) is 3.13. The Morgan fingerprint density at radius 1 is 1.39 bits per heavy atom. The zero-order valence-electron chi connectivity index (χ0n) is 9.84. The fraction of sp³-hybridized carbons (Fsp3) is 0.214. The molecule has 2 aromatic rings. The molecule has 0 saturated heterocycles. The first-order valence-electron chi connectivity index (χ1n) is 5.70. The van der Waals surface area contributed by atoms with Crippen molar-refractivity contribution < 1.29 is 4.79 Å². The summed E-state index contributed by atoms with van der Waals surface area (Å²) in [6.45, 7) is 0. The number of carbonyl (C=O) groups excluding carboxylic acids is 1. The summed E-state index contributed by atoms with van der Waals surface area (Å²) in [6.07, 6.45) is 1.68. The van der Waals surface area contributed by atoms with Gasteiger partial charge in [0.2, 0.25) is 5.91 Å². The summed E-state index contributed by atoms with van der Waals surface area (Å²) in [5.74, 6) is -0.246. The van der Waals surface area contributed by atoms with Crippen LogP contribution < -0.4 is 5.73 Å². The van der Waals surface area contributed by atoms with Crippen molar-refractivity contribution in [3.05, 3.63) is 52.7 Å². The van der Waals surface area contributed by atoms with E-state index < -0.39 is 0 Å². The van der Waals surface area contributed by atoms with Gasteiger partial charge in [-0.05, 0) is 42.5 Å². The number of aryl methyl sites for hydroxylation is 1. The standard InChI is InChI=1S/C14H14NOS2/c15-14(16)13(9-8-11-7-4-10-17-11)18-12-5-2-1-3-6-12/h2-7,10,13H,8-9H2,(H2,15,16). The van der Waals surface area contributed by atoms with E-state index in [9.17, 15) is 4.79 Å². The molecule has 1 aromatic heterocycles. The van der Waals surface area contributed by atoms with Gasteiger partial charge >= 0.3 is 0 Å². The summed E-state index contributed by atoms with van der Waals surface area (Å²) in [5.41, 5.74) is 5.46. The van der Waals surface area contributed by atoms with E-state index in [1.54, 1.807) is 11.3 Å². The van der Waals surface area contributed by atoms with Gasteiger partial charge in [0.25, 0.3) is 0 Å². The summed E-state index contributed by atoms with van der Waals surface area (Å²) in [6, 6.07) is 14.7. The lowest BCUT2D eigenvalue weighted by Gasteiger charge is -2.12. The molecule has 18 heavy (non-hydrogen) atoms. The molecule has 93 valence electrons. The third-order valence-electron chi connectivity index (χ3n) is 2.52. The largest absolute Gasteiger partial charge is 0.369 e. The minimum absolute atomic E-state index is 0.172. The molecule has 1 heterocycles. The average molecular weight is 276 g/mol. The lowest BCUT2D eigenvalue weighted by atomic mass is 10.2. The summed E-state index contributed by atoms with van der Waals surface area (Å²) >= 11 is 3.25. The molecule has 0 bridgehead atoms. The van der Waals surface area contributed by atoms with Gasteiger partial charge in [0.05, 0.1) is 5.25 Å². The van der Waals surface area contributed by atoms with Gasteiger partial charge in [0, 0.05) is 9.77 Å². The van der Waals surface area contributed by atoms with Gasteiger partial charge in [0.1, 0.15) is 0 Å². The van der Waals surface area contributed by atoms with Gasteiger partial charge in [0.15, 0.2) is 0 Å². The second-order valence-corrected chi connectivity index (χ2v) is 6.17. The third kappa shape index (κ3) is 3.89. The van der Waals surface area contributed by atoms with Gasteiger partial charge in [-0.25, -0.2) is 0 Å². The van der Waals surface area contributed by atoms with Crippen LogP contribution in [0.25, 0.3) is 0 Å². The molecule has 0 aliphatic heterocycles. The maximum atomic E-state index is 11.5. The second-order valence-electron chi connectivity index (χ2n) is 3.86. The smallest absolute Gasteiger partial charge is 0.230 e. The van der Waals surface area contributed by atoms with E-state index in [4.69, 9.17) is 5.73 Å². The molecular weight excluding hydrogens is 262 g/mol. The van der Waals surface area contributed by atoms with E-state index >= 15 is 0 Å². The monoisotopic (exact) mass is 276 g/mol. The van der Waals surface area contributed by atoms with Crippen LogP contribution in [0, 0.1) is 6.07 Å². The van der Waals surface area contributed by atoms with Crippen LogP contribution in [0.4, 0.5) is 0 Å². The van der Waals surface area contributed by atoms with Crippen molar-refractivity contribution in [1.29, 1.82) is 0 Å². The quantitative estimate of drug-likeness (QED) is 0.824. The van der Waals surface area contributed by atoms with Crippen molar-refractivity contribution in [2.24, 2.45) is 5.73 Å². The number of primary amides is 1. The van der Waals surface area contributed by atoms with Crippen LogP contribution in [0.3, 0.4) is 0 Å². The molecule has 0 spiro atoms. The van der Waals surface area contributed by atoms with E-state index in [0.717, 1.165) is 17.7 Å². The van der Waals surface area contributed by atoms with Crippen molar-refractivity contribution in [2.45, 2.75) is 23.0 Å². The molecule has 2 nitrogen and oxygen atoms in total. The first kappa shape index (κ1) is 13.2. The lowest BCUT2D eigenvalue weighted by Crippen LogP contribution is -2.26. The van der Waals surface area contributed by atoms with Crippen LogP contribution >= 0.6 is 23.1 Å². The van der Waals surface area contributed by atoms with Gasteiger partial charge in [-0.2, -0.15) is 0 Å². The van der Waals surface area contributed by atoms with Crippen LogP contribution in [-0.4, -0.2) is 11.2 Å². The highest BCUT2D eigenvalue weighted by Crippen LogP contribution is 2.26. The molecule has 1 aromatic carbocycles. The lowest BCUT2D eigenvalue weighted by molar-refractivity contribution is -0.117. The molecule has 1 unspecified atom stereocenters. The van der Waals surface area contributed by atoms with E-state index in [0.29, 0.717) is 0 Å². The zero-order valence-corrected chi connectivity index (χ0v) is 11.5. The fourth-order valence-corrected chi connectivity index (χ4v) is 3.30. The minimum Gasteiger partial charge on any atom is -0.369 e. The highest BCUT2D eigenvalue weighted by Gasteiger charge is 2.16. The molecule has 2 rings (SSSR count). The second kappa shape index (κ2) is 6.61. The maximum absolute atomic E-state index is 11.5. The highest BCUT2D eigenvalue weighted by molar-refractivity contribution is 8.00. The number of benzene rings is 1. The Morgan fingerprint density at radius 2 is 2.17 bits per heavy atom. The first-order valence-corrected chi connectivity index (χ1v) is 7.46. The van der Waals surface area contributed by atoms with Gasteiger partial charge in [-0.1, -0.05) is 18.2 Å². The Hall–Kier alpha value is -1.26. The molecular formula is C14H14NOS2. The topological polar surface area (TPSA) is 43.1 Å². The Bertz CT molecular complexity index is 482. The number of amides is 1. The Labute approximate surface area is 115 Å². The molecule has 1 radical (unpaired) electrons. The van der Waals surface area contributed by atoms with Gasteiger partial charge < -0.3 is 5.73 Å².